The fourth-order valence-electron chi connectivity index (χ4n) is 2.29. The molecule has 0 atom stereocenters. The van der Waals surface area contributed by atoms with Crippen LogP contribution in [0.15, 0.2) is 48.5 Å². The molecule has 112 valence electrons. The first kappa shape index (κ1) is 13.9. The van der Waals surface area contributed by atoms with Crippen LogP contribution in [0.1, 0.15) is 0 Å². The number of methoxy groups -OCH3 is 1. The number of anilines is 3. The van der Waals surface area contributed by atoms with Crippen molar-refractivity contribution < 1.29 is 4.74 Å². The molecule has 0 aliphatic heterocycles. The largest absolute Gasteiger partial charge is 0.496 e. The Hall–Kier alpha value is -3.02. The lowest BCUT2D eigenvalue weighted by Crippen LogP contribution is -2.00. The van der Waals surface area contributed by atoms with Gasteiger partial charge in [-0.25, -0.2) is 4.68 Å². The van der Waals surface area contributed by atoms with Gasteiger partial charge in [-0.1, -0.05) is 30.3 Å². The quantitative estimate of drug-likeness (QED) is 0.774. The minimum absolute atomic E-state index is 0.242. The molecule has 1 aromatic heterocycles. The van der Waals surface area contributed by atoms with Crippen LogP contribution in [0.3, 0.4) is 0 Å². The molecular formula is C16H17N5O. The topological polar surface area (TPSA) is 78.0 Å². The van der Waals surface area contributed by atoms with Crippen molar-refractivity contribution in [3.63, 3.8) is 0 Å². The maximum absolute atomic E-state index is 5.59. The lowest BCUT2D eigenvalue weighted by Gasteiger charge is -2.10. The molecular weight excluding hydrogens is 278 g/mol. The standard InChI is InChI=1S/C16H17N5O/c1-21-16(19-15(17)20-21)18-12-7-5-6-11(10-12)13-8-3-4-9-14(13)22-2/h3-10H,1-2H3,(H3,17,18,19,20). The molecule has 1 heterocycles. The zero-order chi connectivity index (χ0) is 15.5. The van der Waals surface area contributed by atoms with E-state index in [4.69, 9.17) is 10.5 Å². The second-order valence-corrected chi connectivity index (χ2v) is 4.82. The Balaban J connectivity index is 1.94. The van der Waals surface area contributed by atoms with E-state index in [0.29, 0.717) is 5.95 Å². The zero-order valence-corrected chi connectivity index (χ0v) is 12.4. The first-order valence-corrected chi connectivity index (χ1v) is 6.84. The van der Waals surface area contributed by atoms with Gasteiger partial charge in [0, 0.05) is 18.3 Å². The lowest BCUT2D eigenvalue weighted by atomic mass is 10.0. The van der Waals surface area contributed by atoms with E-state index in [1.165, 1.54) is 0 Å². The fourth-order valence-corrected chi connectivity index (χ4v) is 2.29. The van der Waals surface area contributed by atoms with Crippen LogP contribution in [0.2, 0.25) is 0 Å². The summed E-state index contributed by atoms with van der Waals surface area (Å²) >= 11 is 0. The summed E-state index contributed by atoms with van der Waals surface area (Å²) in [4.78, 5) is 4.14. The van der Waals surface area contributed by atoms with Crippen LogP contribution in [-0.4, -0.2) is 21.9 Å². The maximum Gasteiger partial charge on any atom is 0.241 e. The summed E-state index contributed by atoms with van der Waals surface area (Å²) < 4.78 is 7.02. The van der Waals surface area contributed by atoms with E-state index in [1.807, 2.05) is 48.5 Å². The SMILES string of the molecule is COc1ccccc1-c1cccc(Nc2nc(N)nn2C)c1. The number of rotatable bonds is 4. The van der Waals surface area contributed by atoms with Gasteiger partial charge in [0.1, 0.15) is 5.75 Å². The van der Waals surface area contributed by atoms with E-state index in [0.717, 1.165) is 22.6 Å². The van der Waals surface area contributed by atoms with Crippen molar-refractivity contribution in [2.75, 3.05) is 18.2 Å². The second kappa shape index (κ2) is 5.77. The van der Waals surface area contributed by atoms with Gasteiger partial charge in [0.25, 0.3) is 0 Å². The number of hydrogen-bond donors (Lipinski definition) is 2. The molecule has 0 amide bonds. The molecule has 6 nitrogen and oxygen atoms in total. The lowest BCUT2D eigenvalue weighted by molar-refractivity contribution is 0.416. The molecule has 0 aliphatic rings. The highest BCUT2D eigenvalue weighted by atomic mass is 16.5. The molecule has 3 rings (SSSR count). The highest BCUT2D eigenvalue weighted by Crippen LogP contribution is 2.31. The normalized spacial score (nSPS) is 10.5. The number of benzene rings is 2. The molecule has 0 saturated carbocycles. The summed E-state index contributed by atoms with van der Waals surface area (Å²) in [6.07, 6.45) is 0. The molecule has 0 fully saturated rings. The van der Waals surface area contributed by atoms with Crippen molar-refractivity contribution in [3.05, 3.63) is 48.5 Å². The number of nitrogens with two attached hydrogens (primary N) is 1. The summed E-state index contributed by atoms with van der Waals surface area (Å²) in [6.45, 7) is 0. The van der Waals surface area contributed by atoms with Gasteiger partial charge in [0.05, 0.1) is 7.11 Å². The van der Waals surface area contributed by atoms with Crippen LogP contribution < -0.4 is 15.8 Å². The van der Waals surface area contributed by atoms with Gasteiger partial charge in [-0.05, 0) is 23.8 Å². The predicted molar refractivity (Wildman–Crippen MR) is 87.1 cm³/mol. The van der Waals surface area contributed by atoms with E-state index in [-0.39, 0.29) is 5.95 Å². The molecule has 22 heavy (non-hydrogen) atoms. The van der Waals surface area contributed by atoms with Crippen LogP contribution in [-0.2, 0) is 7.05 Å². The van der Waals surface area contributed by atoms with Gasteiger partial charge < -0.3 is 15.8 Å². The Morgan fingerprint density at radius 2 is 1.95 bits per heavy atom. The van der Waals surface area contributed by atoms with Crippen molar-refractivity contribution >= 4 is 17.6 Å². The minimum atomic E-state index is 0.242. The maximum atomic E-state index is 5.59. The second-order valence-electron chi connectivity index (χ2n) is 4.82. The Labute approximate surface area is 128 Å². The van der Waals surface area contributed by atoms with Crippen molar-refractivity contribution in [1.29, 1.82) is 0 Å². The van der Waals surface area contributed by atoms with Crippen LogP contribution in [0, 0.1) is 0 Å². The van der Waals surface area contributed by atoms with Gasteiger partial charge >= 0.3 is 0 Å². The van der Waals surface area contributed by atoms with Crippen molar-refractivity contribution in [1.82, 2.24) is 14.8 Å². The number of aromatic nitrogens is 3. The molecule has 3 N–H and O–H groups in total. The number of nitrogen functional groups attached to an aromatic ring is 1. The Kier molecular flexibility index (Phi) is 3.65. The third-order valence-electron chi connectivity index (χ3n) is 3.32. The van der Waals surface area contributed by atoms with Crippen molar-refractivity contribution in [2.24, 2.45) is 7.05 Å². The summed E-state index contributed by atoms with van der Waals surface area (Å²) in [5, 5.41) is 7.23. The van der Waals surface area contributed by atoms with Gasteiger partial charge in [0.2, 0.25) is 11.9 Å². The summed E-state index contributed by atoms with van der Waals surface area (Å²) in [7, 11) is 3.46. The third-order valence-corrected chi connectivity index (χ3v) is 3.32. The van der Waals surface area contributed by atoms with Gasteiger partial charge in [0.15, 0.2) is 0 Å². The van der Waals surface area contributed by atoms with E-state index in [9.17, 15) is 0 Å². The smallest absolute Gasteiger partial charge is 0.241 e. The number of nitrogens with one attached hydrogen (secondary N) is 1. The van der Waals surface area contributed by atoms with E-state index >= 15 is 0 Å². The third kappa shape index (κ3) is 2.71. The first-order valence-electron chi connectivity index (χ1n) is 6.84. The minimum Gasteiger partial charge on any atom is -0.496 e. The highest BCUT2D eigenvalue weighted by molar-refractivity contribution is 5.74. The average Bonchev–Trinajstić information content (AvgIpc) is 2.85. The zero-order valence-electron chi connectivity index (χ0n) is 12.4. The summed E-state index contributed by atoms with van der Waals surface area (Å²) in [5.41, 5.74) is 8.58. The molecule has 0 saturated heterocycles. The van der Waals surface area contributed by atoms with Crippen molar-refractivity contribution in [2.45, 2.75) is 0 Å². The highest BCUT2D eigenvalue weighted by Gasteiger charge is 2.08. The van der Waals surface area contributed by atoms with E-state index in [1.54, 1.807) is 18.8 Å². The van der Waals surface area contributed by atoms with Gasteiger partial charge in [-0.3, -0.25) is 0 Å². The monoisotopic (exact) mass is 295 g/mol. The molecule has 3 aromatic rings. The van der Waals surface area contributed by atoms with Gasteiger partial charge in [-0.2, -0.15) is 4.98 Å². The number of aryl methyl sites for hydroxylation is 1. The van der Waals surface area contributed by atoms with E-state index in [2.05, 4.69) is 15.4 Å². The Morgan fingerprint density at radius 1 is 1.14 bits per heavy atom. The molecule has 0 unspecified atom stereocenters. The van der Waals surface area contributed by atoms with E-state index < -0.39 is 0 Å². The Bertz CT molecular complexity index is 797. The van der Waals surface area contributed by atoms with Crippen LogP contribution >= 0.6 is 0 Å². The molecule has 0 aliphatic carbocycles. The summed E-state index contributed by atoms with van der Waals surface area (Å²) in [6, 6.07) is 15.9. The number of nitrogens with zero attached hydrogens (tertiary/aromatic N) is 3. The van der Waals surface area contributed by atoms with Crippen LogP contribution in [0.4, 0.5) is 17.6 Å². The molecule has 2 aromatic carbocycles. The number of para-hydroxylation sites is 1. The molecule has 0 bridgehead atoms. The van der Waals surface area contributed by atoms with Crippen molar-refractivity contribution in [3.8, 4) is 16.9 Å². The fraction of sp³-hybridized carbons (Fsp3) is 0.125. The average molecular weight is 295 g/mol. The molecule has 0 radical (unpaired) electrons. The van der Waals surface area contributed by atoms with Crippen LogP contribution in [0.5, 0.6) is 5.75 Å². The molecule has 6 heteroatoms. The summed E-state index contributed by atoms with van der Waals surface area (Å²) in [5.74, 6) is 1.67. The van der Waals surface area contributed by atoms with Gasteiger partial charge in [-0.15, -0.1) is 5.10 Å². The first-order chi connectivity index (χ1) is 10.7. The number of ether oxygens (including phenoxy) is 1. The molecule has 0 spiro atoms. The number of hydrogen-bond acceptors (Lipinski definition) is 5. The van der Waals surface area contributed by atoms with Crippen LogP contribution in [0.25, 0.3) is 11.1 Å². The predicted octanol–water partition coefficient (Wildman–Crippen LogP) is 2.82. The Morgan fingerprint density at radius 3 is 2.68 bits per heavy atom.